The van der Waals surface area contributed by atoms with Crippen molar-refractivity contribution in [1.82, 2.24) is 9.97 Å². The molecule has 0 atom stereocenters. The standard InChI is InChI=1S/C46H30N2O/c1-5-15-31(16-6-1)36-28-38(35-25-26-44-39(27-35)37-23-13-14-24-43(37)49-44)45(34-21-11-4-12-22-34)40(29-36)46-47-41(32-17-7-2-8-18-32)30-42(48-46)33-19-9-3-10-20-33/h1-30H. The third kappa shape index (κ3) is 5.38. The van der Waals surface area contributed by atoms with Gasteiger partial charge in [0.2, 0.25) is 0 Å². The molecule has 7 aromatic carbocycles. The van der Waals surface area contributed by atoms with E-state index < -0.39 is 0 Å². The van der Waals surface area contributed by atoms with E-state index in [-0.39, 0.29) is 0 Å². The van der Waals surface area contributed by atoms with E-state index in [9.17, 15) is 0 Å². The van der Waals surface area contributed by atoms with Crippen LogP contribution in [0.2, 0.25) is 0 Å². The lowest BCUT2D eigenvalue weighted by Crippen LogP contribution is -1.99. The molecule has 0 fully saturated rings. The first kappa shape index (κ1) is 28.6. The number of nitrogens with zero attached hydrogens (tertiary/aromatic N) is 2. The molecule has 3 nitrogen and oxygen atoms in total. The Morgan fingerprint density at radius 3 is 1.47 bits per heavy atom. The zero-order chi connectivity index (χ0) is 32.6. The number of benzene rings is 7. The van der Waals surface area contributed by atoms with Crippen LogP contribution in [0.1, 0.15) is 0 Å². The lowest BCUT2D eigenvalue weighted by atomic mass is 9.86. The molecule has 0 unspecified atom stereocenters. The maximum absolute atomic E-state index is 6.23. The highest BCUT2D eigenvalue weighted by Gasteiger charge is 2.21. The first-order valence-electron chi connectivity index (χ1n) is 16.5. The Labute approximate surface area is 284 Å². The Balaban J connectivity index is 1.38. The molecule has 230 valence electrons. The van der Waals surface area contributed by atoms with Crippen molar-refractivity contribution in [3.63, 3.8) is 0 Å². The summed E-state index contributed by atoms with van der Waals surface area (Å²) in [5, 5.41) is 2.19. The number of furan rings is 1. The van der Waals surface area contributed by atoms with E-state index in [0.29, 0.717) is 5.82 Å². The van der Waals surface area contributed by atoms with Gasteiger partial charge in [-0.3, -0.25) is 0 Å². The van der Waals surface area contributed by atoms with Gasteiger partial charge in [0.1, 0.15) is 11.2 Å². The van der Waals surface area contributed by atoms with Crippen LogP contribution in [0.4, 0.5) is 0 Å². The van der Waals surface area contributed by atoms with E-state index in [0.717, 1.165) is 83.4 Å². The Morgan fingerprint density at radius 1 is 0.327 bits per heavy atom. The lowest BCUT2D eigenvalue weighted by molar-refractivity contribution is 0.669. The van der Waals surface area contributed by atoms with Crippen LogP contribution in [-0.4, -0.2) is 9.97 Å². The molecule has 0 aliphatic rings. The normalized spacial score (nSPS) is 11.3. The number of rotatable bonds is 6. The van der Waals surface area contributed by atoms with Gasteiger partial charge < -0.3 is 4.42 Å². The van der Waals surface area contributed by atoms with E-state index in [1.54, 1.807) is 0 Å². The number of hydrogen-bond donors (Lipinski definition) is 0. The fourth-order valence-electron chi connectivity index (χ4n) is 6.73. The molecule has 0 radical (unpaired) electrons. The Kier molecular flexibility index (Phi) is 7.14. The van der Waals surface area contributed by atoms with Gasteiger partial charge >= 0.3 is 0 Å². The summed E-state index contributed by atoms with van der Waals surface area (Å²) in [6.45, 7) is 0. The van der Waals surface area contributed by atoms with Crippen molar-refractivity contribution in [2.24, 2.45) is 0 Å². The van der Waals surface area contributed by atoms with Crippen molar-refractivity contribution in [2.75, 3.05) is 0 Å². The largest absolute Gasteiger partial charge is 0.456 e. The van der Waals surface area contributed by atoms with Crippen LogP contribution in [-0.2, 0) is 0 Å². The van der Waals surface area contributed by atoms with Crippen LogP contribution in [0, 0.1) is 0 Å². The zero-order valence-corrected chi connectivity index (χ0v) is 26.6. The first-order chi connectivity index (χ1) is 24.3. The van der Waals surface area contributed by atoms with Crippen LogP contribution < -0.4 is 0 Å². The second-order valence-corrected chi connectivity index (χ2v) is 12.2. The van der Waals surface area contributed by atoms with Crippen molar-refractivity contribution in [3.05, 3.63) is 182 Å². The molecule has 0 aliphatic carbocycles. The summed E-state index contributed by atoms with van der Waals surface area (Å²) in [4.78, 5) is 10.6. The van der Waals surface area contributed by atoms with E-state index in [1.165, 1.54) is 0 Å². The number of hydrogen-bond acceptors (Lipinski definition) is 3. The molecule has 3 heteroatoms. The minimum absolute atomic E-state index is 0.674. The summed E-state index contributed by atoms with van der Waals surface area (Å²) >= 11 is 0. The SMILES string of the molecule is c1ccc(-c2cc(-c3ccc4oc5ccccc5c4c3)c(-c3ccccc3)c(-c3nc(-c4ccccc4)cc(-c4ccccc4)n3)c2)cc1. The maximum atomic E-state index is 6.23. The predicted molar refractivity (Wildman–Crippen MR) is 202 cm³/mol. The van der Waals surface area contributed by atoms with Crippen LogP contribution in [0.5, 0.6) is 0 Å². The van der Waals surface area contributed by atoms with Crippen molar-refractivity contribution in [3.8, 4) is 67.3 Å². The summed E-state index contributed by atoms with van der Waals surface area (Å²) < 4.78 is 6.23. The number of para-hydroxylation sites is 1. The predicted octanol–water partition coefficient (Wildman–Crippen LogP) is 12.4. The molecule has 0 saturated carbocycles. The highest BCUT2D eigenvalue weighted by atomic mass is 16.3. The summed E-state index contributed by atoms with van der Waals surface area (Å²) in [5.74, 6) is 0.674. The molecule has 9 aromatic rings. The zero-order valence-electron chi connectivity index (χ0n) is 26.6. The van der Waals surface area contributed by atoms with Crippen molar-refractivity contribution >= 4 is 21.9 Å². The van der Waals surface area contributed by atoms with Gasteiger partial charge in [0, 0.05) is 33.0 Å². The van der Waals surface area contributed by atoms with Crippen LogP contribution in [0.3, 0.4) is 0 Å². The molecule has 0 saturated heterocycles. The first-order valence-corrected chi connectivity index (χ1v) is 16.5. The highest BCUT2D eigenvalue weighted by molar-refractivity contribution is 6.07. The summed E-state index contributed by atoms with van der Waals surface area (Å²) in [6, 6.07) is 63.3. The highest BCUT2D eigenvalue weighted by Crippen LogP contribution is 2.44. The summed E-state index contributed by atoms with van der Waals surface area (Å²) in [6.07, 6.45) is 0. The van der Waals surface area contributed by atoms with E-state index in [1.807, 2.05) is 24.3 Å². The molecule has 0 amide bonds. The molecule has 0 bridgehead atoms. The van der Waals surface area contributed by atoms with Crippen LogP contribution in [0.25, 0.3) is 89.2 Å². The second kappa shape index (κ2) is 12.2. The quantitative estimate of drug-likeness (QED) is 0.184. The molecule has 2 aromatic heterocycles. The minimum atomic E-state index is 0.674. The molecule has 0 spiro atoms. The molecule has 2 heterocycles. The van der Waals surface area contributed by atoms with E-state index in [4.69, 9.17) is 14.4 Å². The lowest BCUT2D eigenvalue weighted by Gasteiger charge is -2.19. The molecule has 0 aliphatic heterocycles. The summed E-state index contributed by atoms with van der Waals surface area (Å²) in [5.41, 5.74) is 13.2. The molecular weight excluding hydrogens is 597 g/mol. The number of aromatic nitrogens is 2. The van der Waals surface area contributed by atoms with Crippen LogP contribution in [0.15, 0.2) is 186 Å². The van der Waals surface area contributed by atoms with Gasteiger partial charge in [-0.1, -0.05) is 146 Å². The van der Waals surface area contributed by atoms with Gasteiger partial charge in [0.15, 0.2) is 5.82 Å². The fourth-order valence-corrected chi connectivity index (χ4v) is 6.73. The van der Waals surface area contributed by atoms with Crippen molar-refractivity contribution < 1.29 is 4.42 Å². The smallest absolute Gasteiger partial charge is 0.161 e. The van der Waals surface area contributed by atoms with Crippen molar-refractivity contribution in [2.45, 2.75) is 0 Å². The van der Waals surface area contributed by atoms with Gasteiger partial charge in [0.25, 0.3) is 0 Å². The van der Waals surface area contributed by atoms with E-state index >= 15 is 0 Å². The average molecular weight is 627 g/mol. The monoisotopic (exact) mass is 626 g/mol. The average Bonchev–Trinajstić information content (AvgIpc) is 3.56. The van der Waals surface area contributed by atoms with Crippen LogP contribution >= 0.6 is 0 Å². The molecule has 0 N–H and O–H groups in total. The number of fused-ring (bicyclic) bond motifs is 3. The molecule has 9 rings (SSSR count). The van der Waals surface area contributed by atoms with Gasteiger partial charge in [-0.05, 0) is 64.2 Å². The van der Waals surface area contributed by atoms with Gasteiger partial charge in [-0.2, -0.15) is 0 Å². The Morgan fingerprint density at radius 2 is 0.837 bits per heavy atom. The second-order valence-electron chi connectivity index (χ2n) is 12.2. The third-order valence-electron chi connectivity index (χ3n) is 9.10. The molecular formula is C46H30N2O. The van der Waals surface area contributed by atoms with E-state index in [2.05, 4.69) is 158 Å². The Bertz CT molecular complexity index is 2520. The maximum Gasteiger partial charge on any atom is 0.161 e. The molecule has 49 heavy (non-hydrogen) atoms. The van der Waals surface area contributed by atoms with Gasteiger partial charge in [-0.25, -0.2) is 9.97 Å². The topological polar surface area (TPSA) is 38.9 Å². The Hall–Kier alpha value is -6.58. The summed E-state index contributed by atoms with van der Waals surface area (Å²) in [7, 11) is 0. The van der Waals surface area contributed by atoms with Gasteiger partial charge in [-0.15, -0.1) is 0 Å². The fraction of sp³-hybridized carbons (Fsp3) is 0. The third-order valence-corrected chi connectivity index (χ3v) is 9.10. The van der Waals surface area contributed by atoms with Gasteiger partial charge in [0.05, 0.1) is 11.4 Å². The van der Waals surface area contributed by atoms with Crippen molar-refractivity contribution in [1.29, 1.82) is 0 Å². The minimum Gasteiger partial charge on any atom is -0.456 e.